The van der Waals surface area contributed by atoms with Gasteiger partial charge >= 0.3 is 5.97 Å². The highest BCUT2D eigenvalue weighted by Gasteiger charge is 2.32. The fourth-order valence-corrected chi connectivity index (χ4v) is 3.15. The predicted octanol–water partition coefficient (Wildman–Crippen LogP) is 2.79. The zero-order chi connectivity index (χ0) is 13.0. The summed E-state index contributed by atoms with van der Waals surface area (Å²) in [5.41, 5.74) is 0. The summed E-state index contributed by atoms with van der Waals surface area (Å²) >= 11 is 2.41. The first-order chi connectivity index (χ1) is 7.93. The van der Waals surface area contributed by atoms with Crippen molar-refractivity contribution in [3.05, 3.63) is 0 Å². The van der Waals surface area contributed by atoms with Crippen LogP contribution in [0.25, 0.3) is 0 Å². The largest absolute Gasteiger partial charge is 0.462 e. The molecule has 2 unspecified atom stereocenters. The number of hydrogen-bond donors (Lipinski definition) is 1. The van der Waals surface area contributed by atoms with E-state index in [1.54, 1.807) is 0 Å². The van der Waals surface area contributed by atoms with Crippen LogP contribution >= 0.6 is 22.6 Å². The Bertz CT molecular complexity index is 257. The van der Waals surface area contributed by atoms with Gasteiger partial charge in [0, 0.05) is 10.8 Å². The Morgan fingerprint density at radius 1 is 1.41 bits per heavy atom. The van der Waals surface area contributed by atoms with Gasteiger partial charge in [-0.05, 0) is 24.2 Å². The highest BCUT2D eigenvalue weighted by atomic mass is 127. The normalized spacial score (nSPS) is 30.5. The van der Waals surface area contributed by atoms with Crippen LogP contribution in [0.2, 0.25) is 0 Å². The summed E-state index contributed by atoms with van der Waals surface area (Å²) in [6.45, 7) is 6.62. The quantitative estimate of drug-likeness (QED) is 0.469. The van der Waals surface area contributed by atoms with Crippen LogP contribution < -0.4 is 0 Å². The molecule has 4 heteroatoms. The van der Waals surface area contributed by atoms with Gasteiger partial charge in [-0.25, -0.2) is 0 Å². The Balaban J connectivity index is 2.46. The van der Waals surface area contributed by atoms with E-state index in [-0.39, 0.29) is 18.5 Å². The zero-order valence-electron chi connectivity index (χ0n) is 10.9. The van der Waals surface area contributed by atoms with Gasteiger partial charge in [0.2, 0.25) is 0 Å². The van der Waals surface area contributed by atoms with Crippen LogP contribution in [-0.2, 0) is 9.53 Å². The molecule has 0 aromatic carbocycles. The van der Waals surface area contributed by atoms with Gasteiger partial charge in [-0.1, -0.05) is 43.4 Å². The minimum atomic E-state index is -0.513. The first kappa shape index (κ1) is 15.2. The molecule has 1 heterocycles. The van der Waals surface area contributed by atoms with Crippen molar-refractivity contribution in [2.24, 2.45) is 17.8 Å². The lowest BCUT2D eigenvalue weighted by molar-refractivity contribution is -0.164. The summed E-state index contributed by atoms with van der Waals surface area (Å²) in [5, 5.41) is 9.59. The van der Waals surface area contributed by atoms with Crippen LogP contribution in [0.1, 0.15) is 40.0 Å². The van der Waals surface area contributed by atoms with E-state index in [9.17, 15) is 9.90 Å². The number of carbonyl (C=O) groups is 1. The molecule has 17 heavy (non-hydrogen) atoms. The van der Waals surface area contributed by atoms with Crippen molar-refractivity contribution >= 4 is 28.6 Å². The molecule has 0 aliphatic carbocycles. The third-order valence-electron chi connectivity index (χ3n) is 3.78. The lowest BCUT2D eigenvalue weighted by Gasteiger charge is -2.32. The maximum absolute atomic E-state index is 11.3. The molecule has 1 fully saturated rings. The Morgan fingerprint density at radius 3 is 2.59 bits per heavy atom. The third kappa shape index (κ3) is 4.73. The van der Waals surface area contributed by atoms with Gasteiger partial charge in [-0.3, -0.25) is 4.79 Å². The second-order valence-electron chi connectivity index (χ2n) is 5.44. The molecule has 5 atom stereocenters. The molecule has 1 aliphatic heterocycles. The fraction of sp³-hybridized carbons (Fsp3) is 0.923. The number of aliphatic hydroxyl groups excluding tert-OH is 1. The first-order valence-electron chi connectivity index (χ1n) is 6.37. The Morgan fingerprint density at radius 2 is 2.06 bits per heavy atom. The smallest absolute Gasteiger partial charge is 0.308 e. The summed E-state index contributed by atoms with van der Waals surface area (Å²) in [6.07, 6.45) is 1.19. The number of rotatable bonds is 5. The lowest BCUT2D eigenvalue weighted by Crippen LogP contribution is -2.37. The van der Waals surface area contributed by atoms with E-state index >= 15 is 0 Å². The van der Waals surface area contributed by atoms with Crippen LogP contribution in [0, 0.1) is 17.8 Å². The van der Waals surface area contributed by atoms with Gasteiger partial charge in [0.05, 0.1) is 12.5 Å². The average Bonchev–Trinajstić information content (AvgIpc) is 2.26. The van der Waals surface area contributed by atoms with Crippen molar-refractivity contribution in [2.75, 3.05) is 4.43 Å². The van der Waals surface area contributed by atoms with Crippen molar-refractivity contribution in [2.45, 2.75) is 52.2 Å². The van der Waals surface area contributed by atoms with Gasteiger partial charge in [-0.15, -0.1) is 0 Å². The maximum Gasteiger partial charge on any atom is 0.308 e. The highest BCUT2D eigenvalue weighted by molar-refractivity contribution is 14.1. The molecule has 0 aromatic heterocycles. The minimum absolute atomic E-state index is 0.102. The number of esters is 1. The number of aliphatic hydroxyl groups is 1. The van der Waals surface area contributed by atoms with Gasteiger partial charge in [-0.2, -0.15) is 0 Å². The molecule has 0 radical (unpaired) electrons. The Hall–Kier alpha value is 0.160. The number of carbonyl (C=O) groups excluding carboxylic acids is 1. The molecule has 0 saturated carbocycles. The standard InChI is InChI=1S/C13H23IO3/c1-8(10(3)7-14)4-9(2)12-5-11(15)6-13(16)17-12/h8-12,15H,4-7H2,1-3H3/t8?,9?,10-,11+,12-/m0/s1. The van der Waals surface area contributed by atoms with E-state index < -0.39 is 6.10 Å². The van der Waals surface area contributed by atoms with Crippen molar-refractivity contribution in [1.29, 1.82) is 0 Å². The van der Waals surface area contributed by atoms with Crippen LogP contribution in [0.15, 0.2) is 0 Å². The van der Waals surface area contributed by atoms with Gasteiger partial charge in [0.25, 0.3) is 0 Å². The summed E-state index contributed by atoms with van der Waals surface area (Å²) < 4.78 is 6.48. The molecule has 3 nitrogen and oxygen atoms in total. The minimum Gasteiger partial charge on any atom is -0.462 e. The summed E-state index contributed by atoms with van der Waals surface area (Å²) in [4.78, 5) is 11.3. The average molecular weight is 354 g/mol. The monoisotopic (exact) mass is 354 g/mol. The summed E-state index contributed by atoms with van der Waals surface area (Å²) in [5.74, 6) is 1.38. The van der Waals surface area contributed by atoms with Crippen LogP contribution in [0.3, 0.4) is 0 Å². The number of cyclic esters (lactones) is 1. The number of halogens is 1. The predicted molar refractivity (Wildman–Crippen MR) is 76.1 cm³/mol. The number of ether oxygens (including phenoxy) is 1. The molecule has 0 amide bonds. The summed E-state index contributed by atoms with van der Waals surface area (Å²) in [6, 6.07) is 0. The van der Waals surface area contributed by atoms with Crippen LogP contribution in [0.5, 0.6) is 0 Å². The van der Waals surface area contributed by atoms with Gasteiger partial charge < -0.3 is 9.84 Å². The second-order valence-corrected chi connectivity index (χ2v) is 6.32. The molecule has 0 aromatic rings. The van der Waals surface area contributed by atoms with Crippen molar-refractivity contribution in [3.8, 4) is 0 Å². The first-order valence-corrected chi connectivity index (χ1v) is 7.90. The molecular formula is C13H23IO3. The van der Waals surface area contributed by atoms with Crippen molar-refractivity contribution in [3.63, 3.8) is 0 Å². The van der Waals surface area contributed by atoms with E-state index in [0.29, 0.717) is 24.2 Å². The number of hydrogen-bond acceptors (Lipinski definition) is 3. The van der Waals surface area contributed by atoms with Crippen LogP contribution in [-0.4, -0.2) is 27.7 Å². The number of alkyl halides is 1. The molecule has 0 bridgehead atoms. The zero-order valence-corrected chi connectivity index (χ0v) is 13.0. The SMILES string of the molecule is CC(CC(C)[C@@H](C)CI)[C@@H]1C[C@@H](O)CC(=O)O1. The molecule has 100 valence electrons. The maximum atomic E-state index is 11.3. The van der Waals surface area contributed by atoms with E-state index in [4.69, 9.17) is 4.74 Å². The van der Waals surface area contributed by atoms with E-state index in [1.165, 1.54) is 0 Å². The highest BCUT2D eigenvalue weighted by Crippen LogP contribution is 2.29. The second kappa shape index (κ2) is 6.92. The molecule has 1 N–H and O–H groups in total. The lowest BCUT2D eigenvalue weighted by atomic mass is 9.84. The molecule has 1 aliphatic rings. The summed E-state index contributed by atoms with van der Waals surface area (Å²) in [7, 11) is 0. The molecule has 1 rings (SSSR count). The molecule has 0 spiro atoms. The Labute approximate surface area is 117 Å². The van der Waals surface area contributed by atoms with Crippen molar-refractivity contribution in [1.82, 2.24) is 0 Å². The van der Waals surface area contributed by atoms with Gasteiger partial charge in [0.15, 0.2) is 0 Å². The third-order valence-corrected chi connectivity index (χ3v) is 5.17. The molecular weight excluding hydrogens is 331 g/mol. The van der Waals surface area contributed by atoms with E-state index in [2.05, 4.69) is 43.4 Å². The van der Waals surface area contributed by atoms with E-state index in [1.807, 2.05) is 0 Å². The van der Waals surface area contributed by atoms with Crippen LogP contribution in [0.4, 0.5) is 0 Å². The fourth-order valence-electron chi connectivity index (χ4n) is 2.28. The van der Waals surface area contributed by atoms with Crippen molar-refractivity contribution < 1.29 is 14.6 Å². The topological polar surface area (TPSA) is 46.5 Å². The van der Waals surface area contributed by atoms with E-state index in [0.717, 1.165) is 10.8 Å². The Kier molecular flexibility index (Phi) is 6.20. The molecule has 1 saturated heterocycles. The van der Waals surface area contributed by atoms with Gasteiger partial charge in [0.1, 0.15) is 6.10 Å².